The van der Waals surface area contributed by atoms with E-state index in [0.717, 1.165) is 24.3 Å². The largest absolute Gasteiger partial charge is 0.434 e. The molecule has 1 unspecified atom stereocenters. The van der Waals surface area contributed by atoms with E-state index in [1.165, 1.54) is 43.3 Å². The lowest BCUT2D eigenvalue weighted by Gasteiger charge is -2.48. The fourth-order valence-electron chi connectivity index (χ4n) is 6.40. The van der Waals surface area contributed by atoms with Gasteiger partial charge < -0.3 is 40.4 Å². The number of halogens is 1. The molecule has 1 spiro atoms. The monoisotopic (exact) mass is 647 g/mol. The number of nitrogens with one attached hydrogen (secondary N) is 1. The fraction of sp³-hybridized carbons (Fsp3) is 0.606. The van der Waals surface area contributed by atoms with E-state index in [0.29, 0.717) is 28.4 Å². The first-order valence-electron chi connectivity index (χ1n) is 15.7. The number of hydrogen-bond acceptors (Lipinski definition) is 10. The molecule has 11 nitrogen and oxygen atoms in total. The quantitative estimate of drug-likeness (QED) is 0.199. The molecule has 0 bridgehead atoms. The van der Waals surface area contributed by atoms with Crippen LogP contribution in [0.25, 0.3) is 0 Å². The van der Waals surface area contributed by atoms with Crippen molar-refractivity contribution >= 4 is 29.0 Å². The number of anilines is 1. The minimum atomic E-state index is -3.22. The number of carbonyl (C=O) groups is 2. The summed E-state index contributed by atoms with van der Waals surface area (Å²) >= 11 is 6.16. The fourth-order valence-corrected chi connectivity index (χ4v) is 6.57. The van der Waals surface area contributed by atoms with Crippen molar-refractivity contribution in [3.63, 3.8) is 0 Å². The number of ketones is 1. The van der Waals surface area contributed by atoms with E-state index < -0.39 is 23.7 Å². The Hall–Kier alpha value is -2.64. The van der Waals surface area contributed by atoms with Crippen LogP contribution in [-0.4, -0.2) is 84.6 Å². The zero-order chi connectivity index (χ0) is 33.0. The number of pyridine rings is 1. The number of Topliss-reactive ketones (excluding diaryl/α,β-unsaturated/α-hetero) is 1. The highest BCUT2D eigenvalue weighted by Gasteiger charge is 2.59. The highest BCUT2D eigenvalue weighted by atomic mass is 35.5. The third-order valence-electron chi connectivity index (χ3n) is 9.41. The van der Waals surface area contributed by atoms with Crippen LogP contribution < -0.4 is 10.1 Å². The van der Waals surface area contributed by atoms with E-state index in [4.69, 9.17) is 21.4 Å². The van der Waals surface area contributed by atoms with Gasteiger partial charge in [0.2, 0.25) is 11.6 Å². The highest BCUT2D eigenvalue weighted by molar-refractivity contribution is 6.31. The number of aryl methyl sites for hydroxylation is 2. The zero-order valence-electron chi connectivity index (χ0n) is 26.3. The number of aromatic nitrogens is 1. The molecule has 2 fully saturated rings. The minimum Gasteiger partial charge on any atom is -0.434 e. The van der Waals surface area contributed by atoms with Gasteiger partial charge in [-0.15, -0.1) is 0 Å². The molecule has 2 aliphatic heterocycles. The molecular weight excluding hydrogens is 602 g/mol. The normalized spacial score (nSPS) is 22.0. The van der Waals surface area contributed by atoms with Gasteiger partial charge in [-0.1, -0.05) is 37.8 Å². The summed E-state index contributed by atoms with van der Waals surface area (Å²) in [7, 11) is 0. The van der Waals surface area contributed by atoms with Crippen LogP contribution in [0, 0.1) is 12.8 Å². The van der Waals surface area contributed by atoms with Crippen molar-refractivity contribution in [3.05, 3.63) is 52.3 Å². The molecule has 1 amide bonds. The number of fused-ring (bicyclic) bond motifs is 2. The van der Waals surface area contributed by atoms with E-state index in [2.05, 4.69) is 17.2 Å². The Morgan fingerprint density at radius 3 is 2.49 bits per heavy atom. The predicted octanol–water partition coefficient (Wildman–Crippen LogP) is 3.20. The Labute approximate surface area is 269 Å². The maximum atomic E-state index is 12.9. The van der Waals surface area contributed by atoms with Crippen LogP contribution in [0.5, 0.6) is 5.75 Å². The van der Waals surface area contributed by atoms with Gasteiger partial charge in [-0.25, -0.2) is 0 Å². The molecule has 1 aromatic heterocycles. The summed E-state index contributed by atoms with van der Waals surface area (Å²) in [6.45, 7) is 4.50. The second-order valence-corrected chi connectivity index (χ2v) is 13.1. The summed E-state index contributed by atoms with van der Waals surface area (Å²) in [5.74, 6) is -2.60. The van der Waals surface area contributed by atoms with Crippen LogP contribution in [0.1, 0.15) is 82.0 Å². The number of rotatable bonds is 11. The number of carbonyl (C=O) groups excluding carboxylic acids is 2. The topological polar surface area (TPSA) is 173 Å². The zero-order valence-corrected chi connectivity index (χ0v) is 27.0. The second kappa shape index (κ2) is 14.4. The molecule has 1 saturated heterocycles. The molecule has 1 atom stereocenters. The SMILES string of the molecule is CC(=O)CCc1cc(OC(O)(O)C(O)(CO)N2CCC3(CC2)C(=O)Nc2ccc(Cl)cc23)cnc1C.CCCCC1CC(O)C1. The van der Waals surface area contributed by atoms with Gasteiger partial charge in [0, 0.05) is 35.9 Å². The van der Waals surface area contributed by atoms with Crippen molar-refractivity contribution in [1.29, 1.82) is 0 Å². The number of unbranched alkanes of at least 4 members (excludes halogenated alkanes) is 1. The van der Waals surface area contributed by atoms with Crippen LogP contribution in [-0.2, 0) is 21.4 Å². The first kappa shape index (κ1) is 35.2. The van der Waals surface area contributed by atoms with Crippen molar-refractivity contribution in [3.8, 4) is 5.75 Å². The summed E-state index contributed by atoms with van der Waals surface area (Å²) in [5.41, 5.74) is -0.731. The Balaban J connectivity index is 0.000000440. The molecule has 12 heteroatoms. The lowest BCUT2D eigenvalue weighted by molar-refractivity contribution is -0.416. The van der Waals surface area contributed by atoms with Gasteiger partial charge in [0.25, 0.3) is 0 Å². The lowest BCUT2D eigenvalue weighted by atomic mass is 9.73. The molecule has 5 rings (SSSR count). The Bertz CT molecular complexity index is 1360. The summed E-state index contributed by atoms with van der Waals surface area (Å²) in [5, 5.41) is 55.2. The van der Waals surface area contributed by atoms with Crippen LogP contribution in [0.3, 0.4) is 0 Å². The maximum Gasteiger partial charge on any atom is 0.370 e. The second-order valence-electron chi connectivity index (χ2n) is 12.6. The van der Waals surface area contributed by atoms with Gasteiger partial charge in [-0.3, -0.25) is 14.7 Å². The number of benzene rings is 1. The van der Waals surface area contributed by atoms with Gasteiger partial charge in [0.1, 0.15) is 11.5 Å². The lowest BCUT2D eigenvalue weighted by Crippen LogP contribution is -2.71. The standard InChI is InChI=1S/C25H30ClN3O7.C8H16O/c1-15(31)3-4-17-11-19(13-27-16(17)2)36-25(34,35)24(33,14-30)29-9-7-23(8-10-29)20-12-18(26)5-6-21(20)28-22(23)32;1-2-3-4-7-5-8(9)6-7/h5-6,11-13,30,33-35H,3-4,7-10,14H2,1-2H3,(H,28,32);7-9H,2-6H2,1H3. The average molecular weight is 648 g/mol. The van der Waals surface area contributed by atoms with Crippen molar-refractivity contribution in [1.82, 2.24) is 9.88 Å². The van der Waals surface area contributed by atoms with Gasteiger partial charge in [0.05, 0.1) is 24.3 Å². The third-order valence-corrected chi connectivity index (χ3v) is 9.65. The van der Waals surface area contributed by atoms with Crippen LogP contribution in [0.2, 0.25) is 5.02 Å². The van der Waals surface area contributed by atoms with E-state index in [1.807, 2.05) is 0 Å². The number of piperidine rings is 1. The Morgan fingerprint density at radius 2 is 1.89 bits per heavy atom. The maximum absolute atomic E-state index is 12.9. The van der Waals surface area contributed by atoms with Crippen LogP contribution in [0.15, 0.2) is 30.5 Å². The van der Waals surface area contributed by atoms with Gasteiger partial charge >= 0.3 is 5.97 Å². The number of nitrogens with zero attached hydrogens (tertiary/aromatic N) is 2. The van der Waals surface area contributed by atoms with Gasteiger partial charge in [0.15, 0.2) is 0 Å². The first-order chi connectivity index (χ1) is 21.2. The van der Waals surface area contributed by atoms with E-state index in [-0.39, 0.29) is 55.9 Å². The minimum absolute atomic E-state index is 0.00208. The Morgan fingerprint density at radius 1 is 1.20 bits per heavy atom. The van der Waals surface area contributed by atoms with E-state index in [1.54, 1.807) is 25.1 Å². The molecule has 3 heterocycles. The van der Waals surface area contributed by atoms with Crippen molar-refractivity contribution < 1.29 is 39.9 Å². The molecule has 1 aliphatic carbocycles. The summed E-state index contributed by atoms with van der Waals surface area (Å²) in [4.78, 5) is 29.7. The van der Waals surface area contributed by atoms with Crippen LogP contribution in [0.4, 0.5) is 5.69 Å². The Kier molecular flexibility index (Phi) is 11.3. The highest BCUT2D eigenvalue weighted by Crippen LogP contribution is 2.47. The molecule has 248 valence electrons. The van der Waals surface area contributed by atoms with E-state index >= 15 is 0 Å². The molecular formula is C33H46ClN3O8. The first-order valence-corrected chi connectivity index (χ1v) is 16.1. The van der Waals surface area contributed by atoms with Crippen molar-refractivity contribution in [2.24, 2.45) is 5.92 Å². The van der Waals surface area contributed by atoms with E-state index in [9.17, 15) is 30.0 Å². The summed E-state index contributed by atoms with van der Waals surface area (Å²) < 4.78 is 5.34. The van der Waals surface area contributed by atoms with Crippen molar-refractivity contribution in [2.75, 3.05) is 25.0 Å². The third kappa shape index (κ3) is 7.68. The number of aliphatic hydroxyl groups is 5. The molecule has 45 heavy (non-hydrogen) atoms. The number of hydrogen-bond donors (Lipinski definition) is 6. The number of likely N-dealkylation sites (tertiary alicyclic amines) is 1. The molecule has 3 aliphatic rings. The summed E-state index contributed by atoms with van der Waals surface area (Å²) in [6.07, 6.45) is 8.59. The molecule has 0 radical (unpaired) electrons. The van der Waals surface area contributed by atoms with Gasteiger partial charge in [-0.2, -0.15) is 0 Å². The molecule has 1 aromatic carbocycles. The molecule has 2 aromatic rings. The number of ether oxygens (including phenoxy) is 1. The molecule has 6 N–H and O–H groups in total. The van der Waals surface area contributed by atoms with Crippen LogP contribution >= 0.6 is 11.6 Å². The number of amides is 1. The number of aliphatic hydroxyl groups excluding tert-OH is 2. The summed E-state index contributed by atoms with van der Waals surface area (Å²) in [6, 6.07) is 6.68. The van der Waals surface area contributed by atoms with Gasteiger partial charge in [-0.05, 0) is 87.3 Å². The van der Waals surface area contributed by atoms with Crippen molar-refractivity contribution in [2.45, 2.75) is 102 Å². The average Bonchev–Trinajstić information content (AvgIpc) is 3.24. The smallest absolute Gasteiger partial charge is 0.370 e. The molecule has 1 saturated carbocycles. The predicted molar refractivity (Wildman–Crippen MR) is 169 cm³/mol.